The molecule has 2 rings (SSSR count). The van der Waals surface area contributed by atoms with Crippen LogP contribution in [0.4, 0.5) is 5.69 Å². The van der Waals surface area contributed by atoms with Gasteiger partial charge in [-0.05, 0) is 29.2 Å². The lowest BCUT2D eigenvalue weighted by Gasteiger charge is -2.26. The van der Waals surface area contributed by atoms with Crippen LogP contribution in [0.15, 0.2) is 53.8 Å². The summed E-state index contributed by atoms with van der Waals surface area (Å²) in [5.41, 5.74) is 2.54. The SMILES string of the molecule is CC(C)(C)c1ccccc1N1C=CC=CC=N1. The van der Waals surface area contributed by atoms with Crippen molar-refractivity contribution in [2.24, 2.45) is 5.10 Å². The Labute approximate surface area is 103 Å². The summed E-state index contributed by atoms with van der Waals surface area (Å²) in [7, 11) is 0. The molecule has 0 radical (unpaired) electrons. The second-order valence-electron chi connectivity index (χ2n) is 5.10. The van der Waals surface area contributed by atoms with Gasteiger partial charge in [0.05, 0.1) is 5.69 Å². The molecule has 88 valence electrons. The first-order chi connectivity index (χ1) is 8.09. The van der Waals surface area contributed by atoms with Crippen molar-refractivity contribution in [1.82, 2.24) is 0 Å². The molecule has 0 unspecified atom stereocenters. The molecule has 0 N–H and O–H groups in total. The first-order valence-corrected chi connectivity index (χ1v) is 5.85. The Morgan fingerprint density at radius 2 is 1.76 bits per heavy atom. The minimum absolute atomic E-state index is 0.111. The highest BCUT2D eigenvalue weighted by Crippen LogP contribution is 2.32. The molecule has 0 bridgehead atoms. The van der Waals surface area contributed by atoms with Gasteiger partial charge < -0.3 is 0 Å². The van der Waals surface area contributed by atoms with Crippen molar-refractivity contribution < 1.29 is 0 Å². The van der Waals surface area contributed by atoms with Crippen LogP contribution >= 0.6 is 0 Å². The highest BCUT2D eigenvalue weighted by Gasteiger charge is 2.19. The molecule has 0 aliphatic carbocycles. The van der Waals surface area contributed by atoms with Crippen LogP contribution in [0.1, 0.15) is 26.3 Å². The van der Waals surface area contributed by atoms with E-state index < -0.39 is 0 Å². The number of para-hydroxylation sites is 1. The van der Waals surface area contributed by atoms with E-state index in [0.717, 1.165) is 5.69 Å². The molecular weight excluding hydrogens is 208 g/mol. The fourth-order valence-corrected chi connectivity index (χ4v) is 1.84. The summed E-state index contributed by atoms with van der Waals surface area (Å²) in [6.45, 7) is 6.65. The molecule has 1 aliphatic rings. The number of hydrazone groups is 1. The molecule has 0 spiro atoms. The Hall–Kier alpha value is -1.83. The fourth-order valence-electron chi connectivity index (χ4n) is 1.84. The van der Waals surface area contributed by atoms with E-state index in [4.69, 9.17) is 0 Å². The van der Waals surface area contributed by atoms with Crippen molar-refractivity contribution in [2.45, 2.75) is 26.2 Å². The predicted octanol–water partition coefficient (Wildman–Crippen LogP) is 3.86. The molecule has 0 aromatic heterocycles. The molecule has 1 aromatic rings. The van der Waals surface area contributed by atoms with E-state index in [2.05, 4.69) is 44.1 Å². The van der Waals surface area contributed by atoms with Crippen molar-refractivity contribution in [3.05, 3.63) is 54.3 Å². The van der Waals surface area contributed by atoms with Crippen molar-refractivity contribution in [2.75, 3.05) is 5.01 Å². The highest BCUT2D eigenvalue weighted by molar-refractivity contribution is 5.74. The van der Waals surface area contributed by atoms with E-state index in [1.54, 1.807) is 6.21 Å². The first kappa shape index (κ1) is 11.6. The lowest BCUT2D eigenvalue weighted by Crippen LogP contribution is -2.17. The third-order valence-corrected chi connectivity index (χ3v) is 2.69. The molecule has 0 fully saturated rings. The number of benzene rings is 1. The van der Waals surface area contributed by atoms with E-state index in [1.165, 1.54) is 5.56 Å². The van der Waals surface area contributed by atoms with Crippen molar-refractivity contribution >= 4 is 11.9 Å². The monoisotopic (exact) mass is 226 g/mol. The molecule has 2 heteroatoms. The molecule has 0 saturated heterocycles. The van der Waals surface area contributed by atoms with Gasteiger partial charge in [0.2, 0.25) is 0 Å². The zero-order chi connectivity index (χ0) is 12.3. The molecule has 1 heterocycles. The Morgan fingerprint density at radius 3 is 2.53 bits per heavy atom. The number of allylic oxidation sites excluding steroid dienone is 3. The van der Waals surface area contributed by atoms with Crippen molar-refractivity contribution in [1.29, 1.82) is 0 Å². The van der Waals surface area contributed by atoms with Crippen molar-refractivity contribution in [3.63, 3.8) is 0 Å². The minimum atomic E-state index is 0.111. The zero-order valence-corrected chi connectivity index (χ0v) is 10.6. The summed E-state index contributed by atoms with van der Waals surface area (Å²) < 4.78 is 0. The van der Waals surface area contributed by atoms with Gasteiger partial charge in [0.15, 0.2) is 0 Å². The van der Waals surface area contributed by atoms with Gasteiger partial charge in [-0.3, -0.25) is 0 Å². The van der Waals surface area contributed by atoms with Gasteiger partial charge in [0.25, 0.3) is 0 Å². The van der Waals surface area contributed by atoms with Gasteiger partial charge in [-0.15, -0.1) is 0 Å². The number of nitrogens with zero attached hydrogens (tertiary/aromatic N) is 2. The number of hydrogen-bond donors (Lipinski definition) is 0. The Morgan fingerprint density at radius 1 is 1.00 bits per heavy atom. The van der Waals surface area contributed by atoms with Crippen molar-refractivity contribution in [3.8, 4) is 0 Å². The summed E-state index contributed by atoms with van der Waals surface area (Å²) in [6.07, 6.45) is 9.68. The molecule has 2 nitrogen and oxygen atoms in total. The normalized spacial score (nSPS) is 15.1. The molecule has 1 aliphatic heterocycles. The standard InChI is InChI=1S/C15H18N2/c1-15(2,3)13-9-5-6-10-14(13)17-12-8-4-7-11-16-17/h4-12H,1-3H3. The van der Waals surface area contributed by atoms with Crippen LogP contribution in [0.2, 0.25) is 0 Å². The van der Waals surface area contributed by atoms with Crippen LogP contribution in [0.5, 0.6) is 0 Å². The number of anilines is 1. The highest BCUT2D eigenvalue weighted by atomic mass is 15.4. The van der Waals surface area contributed by atoms with E-state index in [0.29, 0.717) is 0 Å². The van der Waals surface area contributed by atoms with E-state index in [-0.39, 0.29) is 5.41 Å². The van der Waals surface area contributed by atoms with E-state index in [9.17, 15) is 0 Å². The summed E-state index contributed by atoms with van der Waals surface area (Å²) in [5, 5.41) is 6.32. The number of hydrogen-bond acceptors (Lipinski definition) is 2. The van der Waals surface area contributed by atoms with Crippen LogP contribution in [0, 0.1) is 0 Å². The number of rotatable bonds is 1. The second-order valence-corrected chi connectivity index (χ2v) is 5.10. The third-order valence-electron chi connectivity index (χ3n) is 2.69. The Bertz CT molecular complexity index is 460. The van der Waals surface area contributed by atoms with E-state index >= 15 is 0 Å². The lowest BCUT2D eigenvalue weighted by molar-refractivity contribution is 0.590. The summed E-state index contributed by atoms with van der Waals surface area (Å²) in [5.74, 6) is 0. The average molecular weight is 226 g/mol. The maximum Gasteiger partial charge on any atom is 0.0682 e. The van der Waals surface area contributed by atoms with Crippen LogP contribution in [0.25, 0.3) is 0 Å². The molecule has 1 aromatic carbocycles. The lowest BCUT2D eigenvalue weighted by atomic mass is 9.86. The minimum Gasteiger partial charge on any atom is -0.241 e. The van der Waals surface area contributed by atoms with Gasteiger partial charge in [-0.2, -0.15) is 5.10 Å². The smallest absolute Gasteiger partial charge is 0.0682 e. The first-order valence-electron chi connectivity index (χ1n) is 5.85. The third kappa shape index (κ3) is 2.64. The average Bonchev–Trinajstić information content (AvgIpc) is 2.56. The van der Waals surface area contributed by atoms with Gasteiger partial charge in [-0.25, -0.2) is 5.01 Å². The molecule has 17 heavy (non-hydrogen) atoms. The Balaban J connectivity index is 2.45. The van der Waals surface area contributed by atoms with Gasteiger partial charge in [-0.1, -0.05) is 45.0 Å². The topological polar surface area (TPSA) is 15.6 Å². The summed E-state index contributed by atoms with van der Waals surface area (Å²) in [6, 6.07) is 8.39. The van der Waals surface area contributed by atoms with E-state index in [1.807, 2.05) is 35.5 Å². The maximum absolute atomic E-state index is 4.40. The molecule has 0 saturated carbocycles. The van der Waals surface area contributed by atoms with Crippen LogP contribution in [-0.4, -0.2) is 6.21 Å². The quantitative estimate of drug-likeness (QED) is 0.710. The molecule has 0 atom stereocenters. The fraction of sp³-hybridized carbons (Fsp3) is 0.267. The molecule has 0 amide bonds. The summed E-state index contributed by atoms with van der Waals surface area (Å²) in [4.78, 5) is 0. The Kier molecular flexibility index (Phi) is 3.14. The summed E-state index contributed by atoms with van der Waals surface area (Å²) >= 11 is 0. The molecular formula is C15H18N2. The van der Waals surface area contributed by atoms with Crippen LogP contribution in [0.3, 0.4) is 0 Å². The van der Waals surface area contributed by atoms with Gasteiger partial charge in [0.1, 0.15) is 0 Å². The van der Waals surface area contributed by atoms with Gasteiger partial charge >= 0.3 is 0 Å². The largest absolute Gasteiger partial charge is 0.241 e. The maximum atomic E-state index is 4.40. The van der Waals surface area contributed by atoms with Crippen LogP contribution < -0.4 is 5.01 Å². The van der Waals surface area contributed by atoms with Gasteiger partial charge in [0, 0.05) is 12.4 Å². The predicted molar refractivity (Wildman–Crippen MR) is 74.4 cm³/mol. The zero-order valence-electron chi connectivity index (χ0n) is 10.6. The van der Waals surface area contributed by atoms with Crippen LogP contribution in [-0.2, 0) is 5.41 Å². The second kappa shape index (κ2) is 4.58.